The van der Waals surface area contributed by atoms with Crippen molar-refractivity contribution in [3.05, 3.63) is 96.7 Å². The molecular weight excluding hydrogens is 515 g/mol. The number of imidazole rings is 1. The molecule has 3 aromatic carbocycles. The van der Waals surface area contributed by atoms with E-state index in [1.54, 1.807) is 22.6 Å². The van der Waals surface area contributed by atoms with Crippen molar-refractivity contribution in [2.24, 2.45) is 0 Å². The van der Waals surface area contributed by atoms with Gasteiger partial charge in [0.15, 0.2) is 10.7 Å². The second-order valence-electron chi connectivity index (χ2n) is 9.42. The normalized spacial score (nSPS) is 12.5. The van der Waals surface area contributed by atoms with Crippen LogP contribution in [0.4, 0.5) is 0 Å². The number of rotatable bonds is 6. The first kappa shape index (κ1) is 24.6. The van der Waals surface area contributed by atoms with Crippen molar-refractivity contribution in [2.75, 3.05) is 13.2 Å². The molecule has 2 aromatic heterocycles. The largest absolute Gasteiger partial charge is 0.490 e. The highest BCUT2D eigenvalue weighted by atomic mass is 35.5. The molecule has 0 atom stereocenters. The highest BCUT2D eigenvalue weighted by Gasteiger charge is 2.14. The molecule has 0 unspecified atom stereocenters. The van der Waals surface area contributed by atoms with E-state index >= 15 is 0 Å². The van der Waals surface area contributed by atoms with Gasteiger partial charge in [0.1, 0.15) is 19.0 Å². The minimum absolute atomic E-state index is 0.0944. The van der Waals surface area contributed by atoms with E-state index in [-0.39, 0.29) is 17.6 Å². The molecular formula is C28H24Cl2N2O3S. The first-order chi connectivity index (χ1) is 17.2. The lowest BCUT2D eigenvalue weighted by Crippen LogP contribution is -2.22. The Balaban J connectivity index is 1.29. The topological polar surface area (TPSA) is 52.8 Å². The van der Waals surface area contributed by atoms with Crippen LogP contribution >= 0.6 is 34.5 Å². The molecule has 0 bridgehead atoms. The van der Waals surface area contributed by atoms with E-state index in [0.29, 0.717) is 37.5 Å². The van der Waals surface area contributed by atoms with Crippen LogP contribution in [0.15, 0.2) is 65.5 Å². The summed E-state index contributed by atoms with van der Waals surface area (Å²) in [5, 5.41) is 0.727. The average Bonchev–Trinajstić information content (AvgIpc) is 3.34. The molecule has 5 nitrogen and oxygen atoms in total. The number of halogens is 2. The third kappa shape index (κ3) is 4.94. The molecule has 2 heterocycles. The number of thiazole rings is 1. The van der Waals surface area contributed by atoms with Gasteiger partial charge in [-0.1, -0.05) is 79.6 Å². The van der Waals surface area contributed by atoms with Gasteiger partial charge < -0.3 is 9.47 Å². The maximum Gasteiger partial charge on any atom is 0.274 e. The molecule has 5 rings (SSSR count). The van der Waals surface area contributed by atoms with Crippen LogP contribution in [0, 0.1) is 0 Å². The maximum absolute atomic E-state index is 13.0. The van der Waals surface area contributed by atoms with Crippen molar-refractivity contribution in [2.45, 2.75) is 26.2 Å². The SMILES string of the molecule is CC(C)(C)c1ccc(OCCOc2c(Cl)cc(/C=c3\sc4nc5ccccc5n4c3=O)cc2Cl)cc1. The Labute approximate surface area is 222 Å². The highest BCUT2D eigenvalue weighted by Crippen LogP contribution is 2.34. The average molecular weight is 539 g/mol. The second-order valence-corrected chi connectivity index (χ2v) is 11.2. The van der Waals surface area contributed by atoms with Crippen molar-refractivity contribution in [1.29, 1.82) is 0 Å². The molecule has 36 heavy (non-hydrogen) atoms. The summed E-state index contributed by atoms with van der Waals surface area (Å²) in [5.41, 5.74) is 3.52. The maximum atomic E-state index is 13.0. The summed E-state index contributed by atoms with van der Waals surface area (Å²) in [6.45, 7) is 7.15. The summed E-state index contributed by atoms with van der Waals surface area (Å²) in [4.78, 5) is 18.2. The molecule has 0 spiro atoms. The number of fused-ring (bicyclic) bond motifs is 3. The Bertz CT molecular complexity index is 1640. The van der Waals surface area contributed by atoms with Gasteiger partial charge in [0.2, 0.25) is 0 Å². The lowest BCUT2D eigenvalue weighted by Gasteiger charge is -2.19. The number of ether oxygens (including phenoxy) is 2. The van der Waals surface area contributed by atoms with Crippen LogP contribution in [-0.2, 0) is 5.41 Å². The van der Waals surface area contributed by atoms with Crippen molar-refractivity contribution in [3.63, 3.8) is 0 Å². The molecule has 0 aliphatic carbocycles. The lowest BCUT2D eigenvalue weighted by molar-refractivity contribution is 0.217. The quantitative estimate of drug-likeness (QED) is 0.231. The molecule has 0 radical (unpaired) electrons. The molecule has 0 N–H and O–H groups in total. The Kier molecular flexibility index (Phi) is 6.68. The molecule has 0 aliphatic heterocycles. The molecule has 0 aliphatic rings. The summed E-state index contributed by atoms with van der Waals surface area (Å²) >= 11 is 14.3. The van der Waals surface area contributed by atoms with Crippen LogP contribution in [0.25, 0.3) is 22.1 Å². The number of hydrogen-bond acceptors (Lipinski definition) is 5. The van der Waals surface area contributed by atoms with Gasteiger partial charge in [0, 0.05) is 0 Å². The number of benzene rings is 3. The Morgan fingerprint density at radius 2 is 1.64 bits per heavy atom. The van der Waals surface area contributed by atoms with Crippen LogP contribution in [0.3, 0.4) is 0 Å². The van der Waals surface area contributed by atoms with E-state index in [4.69, 9.17) is 32.7 Å². The van der Waals surface area contributed by atoms with E-state index in [1.165, 1.54) is 16.9 Å². The summed E-state index contributed by atoms with van der Waals surface area (Å²) < 4.78 is 13.8. The van der Waals surface area contributed by atoms with E-state index in [0.717, 1.165) is 16.8 Å². The third-order valence-electron chi connectivity index (χ3n) is 5.78. The van der Waals surface area contributed by atoms with Crippen LogP contribution in [0.5, 0.6) is 11.5 Å². The van der Waals surface area contributed by atoms with Gasteiger partial charge in [-0.3, -0.25) is 4.79 Å². The van der Waals surface area contributed by atoms with E-state index < -0.39 is 0 Å². The van der Waals surface area contributed by atoms with E-state index in [1.807, 2.05) is 36.4 Å². The third-order valence-corrected chi connectivity index (χ3v) is 7.31. The predicted octanol–water partition coefficient (Wildman–Crippen LogP) is 6.52. The van der Waals surface area contributed by atoms with Gasteiger partial charge >= 0.3 is 0 Å². The molecule has 0 saturated carbocycles. The Morgan fingerprint density at radius 3 is 2.33 bits per heavy atom. The van der Waals surface area contributed by atoms with Crippen molar-refractivity contribution in [1.82, 2.24) is 9.38 Å². The smallest absolute Gasteiger partial charge is 0.274 e. The zero-order chi connectivity index (χ0) is 25.4. The number of aromatic nitrogens is 2. The number of hydrogen-bond donors (Lipinski definition) is 0. The molecule has 5 aromatic rings. The fraction of sp³-hybridized carbons (Fsp3) is 0.214. The summed E-state index contributed by atoms with van der Waals surface area (Å²) in [6.07, 6.45) is 1.77. The fourth-order valence-corrected chi connectivity index (χ4v) is 5.52. The summed E-state index contributed by atoms with van der Waals surface area (Å²) in [7, 11) is 0. The summed E-state index contributed by atoms with van der Waals surface area (Å²) in [6, 6.07) is 19.1. The molecule has 0 fully saturated rings. The zero-order valence-electron chi connectivity index (χ0n) is 20.0. The second kappa shape index (κ2) is 9.77. The van der Waals surface area contributed by atoms with Crippen LogP contribution in [0.2, 0.25) is 10.0 Å². The van der Waals surface area contributed by atoms with Crippen molar-refractivity contribution in [3.8, 4) is 11.5 Å². The minimum atomic E-state index is -0.121. The number of nitrogens with zero attached hydrogens (tertiary/aromatic N) is 2. The molecule has 0 saturated heterocycles. The first-order valence-corrected chi connectivity index (χ1v) is 13.0. The molecule has 8 heteroatoms. The molecule has 184 valence electrons. The van der Waals surface area contributed by atoms with E-state index in [2.05, 4.69) is 37.9 Å². The van der Waals surface area contributed by atoms with Gasteiger partial charge in [0.25, 0.3) is 5.56 Å². The Morgan fingerprint density at radius 1 is 0.972 bits per heavy atom. The van der Waals surface area contributed by atoms with Gasteiger partial charge in [-0.15, -0.1) is 0 Å². The zero-order valence-corrected chi connectivity index (χ0v) is 22.4. The van der Waals surface area contributed by atoms with Crippen molar-refractivity contribution < 1.29 is 9.47 Å². The monoisotopic (exact) mass is 538 g/mol. The van der Waals surface area contributed by atoms with Gasteiger partial charge in [-0.2, -0.15) is 0 Å². The van der Waals surface area contributed by atoms with Gasteiger partial charge in [-0.25, -0.2) is 9.38 Å². The van der Waals surface area contributed by atoms with Gasteiger partial charge in [0.05, 0.1) is 25.6 Å². The predicted molar refractivity (Wildman–Crippen MR) is 148 cm³/mol. The number of para-hydroxylation sites is 2. The Hall–Kier alpha value is -3.06. The highest BCUT2D eigenvalue weighted by molar-refractivity contribution is 7.15. The van der Waals surface area contributed by atoms with Crippen molar-refractivity contribution >= 4 is 56.6 Å². The minimum Gasteiger partial charge on any atom is -0.490 e. The van der Waals surface area contributed by atoms with Crippen LogP contribution < -0.4 is 19.6 Å². The van der Waals surface area contributed by atoms with E-state index in [9.17, 15) is 4.79 Å². The van der Waals surface area contributed by atoms with Crippen LogP contribution in [0.1, 0.15) is 31.9 Å². The molecule has 0 amide bonds. The lowest BCUT2D eigenvalue weighted by atomic mass is 9.87. The standard InChI is InChI=1S/C28H24Cl2N2O3S/c1-28(2,3)18-8-10-19(11-9-18)34-12-13-35-25-20(29)14-17(15-21(25)30)16-24-26(33)32-23-7-5-4-6-22(23)31-27(32)36-24/h4-11,14-16H,12-13H2,1-3H3/b24-16-. The fourth-order valence-electron chi connectivity index (χ4n) is 3.92. The summed E-state index contributed by atoms with van der Waals surface area (Å²) in [5.74, 6) is 1.16. The first-order valence-electron chi connectivity index (χ1n) is 11.5. The van der Waals surface area contributed by atoms with Gasteiger partial charge in [-0.05, 0) is 59.0 Å². The van der Waals surface area contributed by atoms with Crippen LogP contribution in [-0.4, -0.2) is 22.6 Å².